The Balaban J connectivity index is 1.29. The molecule has 0 radical (unpaired) electrons. The molecule has 1 amide bonds. The number of amides is 1. The number of hydrogen-bond donors (Lipinski definition) is 2. The fourth-order valence-electron chi connectivity index (χ4n) is 3.02. The van der Waals surface area contributed by atoms with Gasteiger partial charge in [-0.05, 0) is 26.0 Å². The average Bonchev–Trinajstić information content (AvgIpc) is 3.16. The molecular weight excluding hydrogens is 372 g/mol. The van der Waals surface area contributed by atoms with Crippen LogP contribution in [0, 0.1) is 13.8 Å². The predicted molar refractivity (Wildman–Crippen MR) is 106 cm³/mol. The molecule has 0 aliphatic carbocycles. The van der Waals surface area contributed by atoms with Crippen LogP contribution in [0.4, 0.5) is 5.82 Å². The summed E-state index contributed by atoms with van der Waals surface area (Å²) in [5.74, 6) is 3.93. The molecule has 150 valence electrons. The molecule has 0 fully saturated rings. The molecule has 0 spiro atoms. The van der Waals surface area contributed by atoms with E-state index in [1.807, 2.05) is 48.9 Å². The number of nitrogens with one attached hydrogen (secondary N) is 2. The van der Waals surface area contributed by atoms with Gasteiger partial charge in [-0.2, -0.15) is 0 Å². The third kappa shape index (κ3) is 4.29. The molecule has 9 nitrogen and oxygen atoms in total. The Labute approximate surface area is 168 Å². The first kappa shape index (κ1) is 18.7. The first-order valence-electron chi connectivity index (χ1n) is 9.36. The Hall–Kier alpha value is -3.62. The maximum Gasteiger partial charge on any atom is 0.264 e. The molecule has 1 aliphatic heterocycles. The van der Waals surface area contributed by atoms with Crippen molar-refractivity contribution >= 4 is 11.7 Å². The van der Waals surface area contributed by atoms with Crippen LogP contribution in [0.15, 0.2) is 42.7 Å². The van der Waals surface area contributed by atoms with Gasteiger partial charge < -0.3 is 20.1 Å². The van der Waals surface area contributed by atoms with Gasteiger partial charge in [0.25, 0.3) is 5.91 Å². The number of ether oxygens (including phenoxy) is 2. The largest absolute Gasteiger partial charge is 0.485 e. The Morgan fingerprint density at radius 3 is 2.83 bits per heavy atom. The third-order valence-corrected chi connectivity index (χ3v) is 4.43. The SMILES string of the molecule is Cc1nc(NCCNC(=O)[C@@H]2COc3ccccc3O2)cc(-n2ccnc2C)n1. The van der Waals surface area contributed by atoms with Crippen LogP contribution in [0.5, 0.6) is 11.5 Å². The van der Waals surface area contributed by atoms with Crippen molar-refractivity contribution in [2.45, 2.75) is 20.0 Å². The number of rotatable bonds is 6. The van der Waals surface area contributed by atoms with Crippen LogP contribution >= 0.6 is 0 Å². The van der Waals surface area contributed by atoms with Crippen LogP contribution in [0.2, 0.25) is 0 Å². The van der Waals surface area contributed by atoms with Gasteiger partial charge in [-0.15, -0.1) is 0 Å². The van der Waals surface area contributed by atoms with Crippen LogP contribution in [-0.4, -0.2) is 51.2 Å². The number of fused-ring (bicyclic) bond motifs is 1. The molecule has 3 heterocycles. The van der Waals surface area contributed by atoms with Crippen molar-refractivity contribution < 1.29 is 14.3 Å². The van der Waals surface area contributed by atoms with Crippen molar-refractivity contribution in [1.82, 2.24) is 24.8 Å². The van der Waals surface area contributed by atoms with E-state index in [0.29, 0.717) is 36.2 Å². The molecule has 0 saturated heterocycles. The molecule has 4 rings (SSSR count). The second kappa shape index (κ2) is 8.17. The number of benzene rings is 1. The van der Waals surface area contributed by atoms with E-state index >= 15 is 0 Å². The molecule has 1 aliphatic rings. The number of carbonyl (C=O) groups is 1. The summed E-state index contributed by atoms with van der Waals surface area (Å²) in [7, 11) is 0. The smallest absolute Gasteiger partial charge is 0.264 e. The molecule has 3 aromatic rings. The van der Waals surface area contributed by atoms with Gasteiger partial charge >= 0.3 is 0 Å². The predicted octanol–water partition coefficient (Wildman–Crippen LogP) is 1.65. The van der Waals surface area contributed by atoms with Gasteiger partial charge in [0, 0.05) is 31.5 Å². The number of nitrogens with zero attached hydrogens (tertiary/aromatic N) is 4. The molecule has 0 bridgehead atoms. The monoisotopic (exact) mass is 394 g/mol. The van der Waals surface area contributed by atoms with Gasteiger partial charge in [0.1, 0.15) is 29.9 Å². The maximum atomic E-state index is 12.3. The number of imidazole rings is 1. The Morgan fingerprint density at radius 1 is 1.21 bits per heavy atom. The van der Waals surface area contributed by atoms with Crippen LogP contribution in [0.25, 0.3) is 5.82 Å². The van der Waals surface area contributed by atoms with Crippen molar-refractivity contribution in [3.8, 4) is 17.3 Å². The zero-order chi connectivity index (χ0) is 20.2. The third-order valence-electron chi connectivity index (χ3n) is 4.43. The summed E-state index contributed by atoms with van der Waals surface area (Å²) in [5, 5.41) is 6.06. The lowest BCUT2D eigenvalue weighted by atomic mass is 10.2. The fraction of sp³-hybridized carbons (Fsp3) is 0.300. The van der Waals surface area contributed by atoms with Gasteiger partial charge in [-0.1, -0.05) is 12.1 Å². The number of hydrogen-bond acceptors (Lipinski definition) is 7. The van der Waals surface area contributed by atoms with Gasteiger partial charge in [0.15, 0.2) is 11.5 Å². The van der Waals surface area contributed by atoms with E-state index in [4.69, 9.17) is 9.47 Å². The summed E-state index contributed by atoms with van der Waals surface area (Å²) in [6, 6.07) is 9.15. The topological polar surface area (TPSA) is 103 Å². The standard InChI is InChI=1S/C20H22N6O3/c1-13-24-18(11-19(25-13)26-10-9-21-14(26)2)22-7-8-23-20(27)17-12-28-15-5-3-4-6-16(15)29-17/h3-6,9-11,17H,7-8,12H2,1-2H3,(H,23,27)(H,22,24,25)/t17-/m0/s1. The van der Waals surface area contributed by atoms with Gasteiger partial charge in [-0.25, -0.2) is 15.0 Å². The molecule has 0 saturated carbocycles. The fourth-order valence-corrected chi connectivity index (χ4v) is 3.02. The lowest BCUT2D eigenvalue weighted by Crippen LogP contribution is -2.45. The van der Waals surface area contributed by atoms with Crippen molar-refractivity contribution in [3.05, 3.63) is 54.4 Å². The highest BCUT2D eigenvalue weighted by molar-refractivity contribution is 5.81. The normalized spacial score (nSPS) is 15.0. The van der Waals surface area contributed by atoms with Crippen LogP contribution in [0.1, 0.15) is 11.6 Å². The van der Waals surface area contributed by atoms with Crippen LogP contribution < -0.4 is 20.1 Å². The second-order valence-electron chi connectivity index (χ2n) is 6.59. The molecule has 9 heteroatoms. The Morgan fingerprint density at radius 2 is 2.03 bits per heavy atom. The van der Waals surface area contributed by atoms with Crippen molar-refractivity contribution in [3.63, 3.8) is 0 Å². The highest BCUT2D eigenvalue weighted by Gasteiger charge is 2.26. The van der Waals surface area contributed by atoms with E-state index in [9.17, 15) is 4.79 Å². The molecule has 29 heavy (non-hydrogen) atoms. The average molecular weight is 394 g/mol. The number of aryl methyl sites for hydroxylation is 2. The quantitative estimate of drug-likeness (QED) is 0.613. The van der Waals surface area contributed by atoms with E-state index < -0.39 is 6.10 Å². The minimum atomic E-state index is -0.665. The summed E-state index contributed by atoms with van der Waals surface area (Å²) in [5.41, 5.74) is 0. The summed E-state index contributed by atoms with van der Waals surface area (Å²) in [6.07, 6.45) is 2.91. The highest BCUT2D eigenvalue weighted by Crippen LogP contribution is 2.30. The summed E-state index contributed by atoms with van der Waals surface area (Å²) in [4.78, 5) is 25.4. The van der Waals surface area contributed by atoms with Gasteiger partial charge in [-0.3, -0.25) is 9.36 Å². The van der Waals surface area contributed by atoms with Crippen molar-refractivity contribution in [1.29, 1.82) is 0 Å². The molecule has 2 aromatic heterocycles. The molecule has 1 atom stereocenters. The zero-order valence-electron chi connectivity index (χ0n) is 16.3. The van der Waals surface area contributed by atoms with Gasteiger partial charge in [0.05, 0.1) is 0 Å². The number of aromatic nitrogens is 4. The molecule has 2 N–H and O–H groups in total. The minimum absolute atomic E-state index is 0.189. The highest BCUT2D eigenvalue weighted by atomic mass is 16.6. The van der Waals surface area contributed by atoms with E-state index in [1.54, 1.807) is 12.3 Å². The van der Waals surface area contributed by atoms with E-state index in [-0.39, 0.29) is 12.5 Å². The molecular formula is C20H22N6O3. The van der Waals surface area contributed by atoms with E-state index in [2.05, 4.69) is 25.6 Å². The summed E-state index contributed by atoms with van der Waals surface area (Å²) in [6.45, 7) is 4.86. The van der Waals surface area contributed by atoms with Gasteiger partial charge in [0.2, 0.25) is 6.10 Å². The number of carbonyl (C=O) groups excluding carboxylic acids is 1. The summed E-state index contributed by atoms with van der Waals surface area (Å²) >= 11 is 0. The number of anilines is 1. The molecule has 0 unspecified atom stereocenters. The van der Waals surface area contributed by atoms with Crippen LogP contribution in [-0.2, 0) is 4.79 Å². The van der Waals surface area contributed by atoms with Crippen molar-refractivity contribution in [2.75, 3.05) is 25.0 Å². The zero-order valence-corrected chi connectivity index (χ0v) is 16.3. The second-order valence-corrected chi connectivity index (χ2v) is 6.59. The van der Waals surface area contributed by atoms with E-state index in [1.165, 1.54) is 0 Å². The Kier molecular flexibility index (Phi) is 5.28. The minimum Gasteiger partial charge on any atom is -0.485 e. The van der Waals surface area contributed by atoms with Crippen molar-refractivity contribution in [2.24, 2.45) is 0 Å². The maximum absolute atomic E-state index is 12.3. The number of para-hydroxylation sites is 2. The lowest BCUT2D eigenvalue weighted by molar-refractivity contribution is -0.130. The Bertz CT molecular complexity index is 1020. The lowest BCUT2D eigenvalue weighted by Gasteiger charge is -2.25. The molecule has 1 aromatic carbocycles. The first-order chi connectivity index (χ1) is 14.1. The summed E-state index contributed by atoms with van der Waals surface area (Å²) < 4.78 is 13.2. The first-order valence-corrected chi connectivity index (χ1v) is 9.36. The van der Waals surface area contributed by atoms with Crippen LogP contribution in [0.3, 0.4) is 0 Å². The van der Waals surface area contributed by atoms with E-state index in [0.717, 1.165) is 11.6 Å².